The van der Waals surface area contributed by atoms with Crippen LogP contribution >= 0.6 is 11.8 Å². The first-order valence-electron chi connectivity index (χ1n) is 9.15. The number of aryl methyl sites for hydroxylation is 1. The maximum Gasteiger partial charge on any atom is 0.329 e. The van der Waals surface area contributed by atoms with Gasteiger partial charge in [0.15, 0.2) is 8.32 Å². The molecule has 1 aromatic rings. The lowest BCUT2D eigenvalue weighted by Gasteiger charge is -2.41. The van der Waals surface area contributed by atoms with Crippen molar-refractivity contribution in [1.82, 2.24) is 9.55 Å². The Balaban J connectivity index is 2.47. The summed E-state index contributed by atoms with van der Waals surface area (Å²) in [4.78, 5) is 38.2. The minimum absolute atomic E-state index is 0.0587. The molecule has 0 radical (unpaired) electrons. The average Bonchev–Trinajstić information content (AvgIpc) is 2.87. The molecule has 0 amide bonds. The van der Waals surface area contributed by atoms with Crippen LogP contribution in [0.1, 0.15) is 45.1 Å². The summed E-state index contributed by atoms with van der Waals surface area (Å²) in [5.74, 6) is -0.496. The maximum absolute atomic E-state index is 12.4. The molecular weight excluding hydrogens is 400 g/mol. The largest absolute Gasteiger partial charge is 0.420 e. The van der Waals surface area contributed by atoms with E-state index < -0.39 is 42.1 Å². The zero-order valence-corrected chi connectivity index (χ0v) is 19.6. The molecule has 2 rings (SSSR count). The molecule has 0 aromatic carbocycles. The van der Waals surface area contributed by atoms with Gasteiger partial charge in [-0.1, -0.05) is 32.5 Å². The number of rotatable bonds is 5. The van der Waals surface area contributed by atoms with Crippen LogP contribution in [0.5, 0.6) is 0 Å². The van der Waals surface area contributed by atoms with E-state index in [2.05, 4.69) is 38.8 Å². The lowest BCUT2D eigenvalue weighted by molar-refractivity contribution is -0.204. The van der Waals surface area contributed by atoms with Crippen molar-refractivity contribution in [2.45, 2.75) is 75.8 Å². The minimum Gasteiger partial charge on any atom is -0.420 e. The number of ether oxygens (including phenoxy) is 2. The Kier molecular flexibility index (Phi) is 6.39. The topological polar surface area (TPSA) is 99.6 Å². The second kappa shape index (κ2) is 7.81. The van der Waals surface area contributed by atoms with Crippen LogP contribution in [0.25, 0.3) is 0 Å². The van der Waals surface area contributed by atoms with Gasteiger partial charge < -0.3 is 13.9 Å². The van der Waals surface area contributed by atoms with Gasteiger partial charge in [0.05, 0.1) is 5.37 Å². The Morgan fingerprint density at radius 2 is 1.96 bits per heavy atom. The fourth-order valence-corrected chi connectivity index (χ4v) is 5.66. The standard InChI is InChI=1S/C18H30N2O6SSi/c1-11-10-20(16(23)19-15(11)22)14-9-13(26-28(7,8)17(3,4)5)18(24-6,27-14)25-12(2)21/h10,13-14H,9H2,1-8H3,(H,19,22,23)/t13-,14+,18-/m0/s1. The normalized spacial score (nSPS) is 25.7. The van der Waals surface area contributed by atoms with Gasteiger partial charge in [0.2, 0.25) is 0 Å². The molecule has 1 N–H and O–H groups in total. The fraction of sp³-hybridized carbons (Fsp3) is 0.722. The number of hydrogen-bond acceptors (Lipinski definition) is 7. The Bertz CT molecular complexity index is 859. The van der Waals surface area contributed by atoms with Crippen LogP contribution in [0.2, 0.25) is 18.1 Å². The van der Waals surface area contributed by atoms with E-state index in [9.17, 15) is 14.4 Å². The fourth-order valence-electron chi connectivity index (χ4n) is 2.78. The minimum atomic E-state index is -2.22. The van der Waals surface area contributed by atoms with Crippen molar-refractivity contribution in [2.24, 2.45) is 0 Å². The third-order valence-corrected chi connectivity index (χ3v) is 11.4. The number of nitrogens with zero attached hydrogens (tertiary/aromatic N) is 1. The molecule has 8 nitrogen and oxygen atoms in total. The van der Waals surface area contributed by atoms with Gasteiger partial charge in [-0.25, -0.2) is 4.79 Å². The van der Waals surface area contributed by atoms with E-state index in [1.165, 1.54) is 36.6 Å². The smallest absolute Gasteiger partial charge is 0.329 e. The molecule has 3 atom stereocenters. The summed E-state index contributed by atoms with van der Waals surface area (Å²) in [6, 6.07) is 0. The van der Waals surface area contributed by atoms with E-state index >= 15 is 0 Å². The first-order valence-corrected chi connectivity index (χ1v) is 12.9. The predicted molar refractivity (Wildman–Crippen MR) is 111 cm³/mol. The number of thioether (sulfide) groups is 1. The lowest BCUT2D eigenvalue weighted by atomic mass is 10.2. The molecule has 1 aliphatic rings. The van der Waals surface area contributed by atoms with E-state index in [4.69, 9.17) is 13.9 Å². The third kappa shape index (κ3) is 4.45. The SMILES string of the molecule is CO[C@@]1(OC(C)=O)S[C@@H](n2cc(C)c(=O)[nH]c2=O)C[C@@H]1O[Si](C)(C)C(C)(C)C. The Morgan fingerprint density at radius 3 is 2.46 bits per heavy atom. The molecule has 1 fully saturated rings. The van der Waals surface area contributed by atoms with Crippen molar-refractivity contribution < 1.29 is 18.7 Å². The van der Waals surface area contributed by atoms with Gasteiger partial charge in [0.1, 0.15) is 6.10 Å². The number of hydrogen-bond donors (Lipinski definition) is 1. The lowest BCUT2D eigenvalue weighted by Crippen LogP contribution is -2.51. The van der Waals surface area contributed by atoms with E-state index in [-0.39, 0.29) is 5.04 Å². The van der Waals surface area contributed by atoms with Crippen LogP contribution in [0, 0.1) is 6.92 Å². The van der Waals surface area contributed by atoms with Crippen molar-refractivity contribution in [3.63, 3.8) is 0 Å². The number of esters is 1. The molecule has 1 saturated heterocycles. The van der Waals surface area contributed by atoms with Gasteiger partial charge in [-0.2, -0.15) is 0 Å². The molecule has 10 heteroatoms. The van der Waals surface area contributed by atoms with Crippen molar-refractivity contribution in [3.8, 4) is 0 Å². The van der Waals surface area contributed by atoms with Crippen LogP contribution in [-0.4, -0.2) is 42.2 Å². The van der Waals surface area contributed by atoms with Crippen molar-refractivity contribution in [1.29, 1.82) is 0 Å². The van der Waals surface area contributed by atoms with Gasteiger partial charge in [0, 0.05) is 32.2 Å². The van der Waals surface area contributed by atoms with Crippen LogP contribution in [0.4, 0.5) is 0 Å². The van der Waals surface area contributed by atoms with E-state index in [1.54, 1.807) is 6.92 Å². The van der Waals surface area contributed by atoms with Gasteiger partial charge >= 0.3 is 11.7 Å². The second-order valence-electron chi connectivity index (χ2n) is 8.55. The second-order valence-corrected chi connectivity index (χ2v) is 14.7. The summed E-state index contributed by atoms with van der Waals surface area (Å²) in [5, 5.41) is -1.84. The molecule has 1 aromatic heterocycles. The number of carbonyl (C=O) groups excluding carboxylic acids is 1. The molecule has 0 spiro atoms. The summed E-state index contributed by atoms with van der Waals surface area (Å²) in [6.45, 7) is 13.5. The highest BCUT2D eigenvalue weighted by Crippen LogP contribution is 2.53. The van der Waals surface area contributed by atoms with Gasteiger partial charge in [-0.15, -0.1) is 0 Å². The zero-order valence-electron chi connectivity index (χ0n) is 17.7. The molecule has 0 bridgehead atoms. The summed E-state index contributed by atoms with van der Waals surface area (Å²) in [7, 11) is -0.760. The first-order chi connectivity index (χ1) is 12.7. The first kappa shape index (κ1) is 22.9. The highest BCUT2D eigenvalue weighted by atomic mass is 32.2. The van der Waals surface area contributed by atoms with Gasteiger partial charge in [-0.3, -0.25) is 19.1 Å². The van der Waals surface area contributed by atoms with E-state index in [1.807, 2.05) is 0 Å². The molecule has 28 heavy (non-hydrogen) atoms. The van der Waals surface area contributed by atoms with Crippen molar-refractivity contribution >= 4 is 26.0 Å². The van der Waals surface area contributed by atoms with E-state index in [0.717, 1.165) is 0 Å². The number of nitrogens with one attached hydrogen (secondary N) is 1. The molecule has 0 saturated carbocycles. The van der Waals surface area contributed by atoms with Crippen LogP contribution in [-0.2, 0) is 18.7 Å². The van der Waals surface area contributed by atoms with Crippen LogP contribution in [0.3, 0.4) is 0 Å². The number of aromatic amines is 1. The summed E-state index contributed by atoms with van der Waals surface area (Å²) in [5.41, 5.74) is -0.519. The Morgan fingerprint density at radius 1 is 1.36 bits per heavy atom. The number of aromatic nitrogens is 2. The highest BCUT2D eigenvalue weighted by Gasteiger charge is 2.56. The Labute approximate surface area is 170 Å². The van der Waals surface area contributed by atoms with Gasteiger partial charge in [0.25, 0.3) is 10.7 Å². The van der Waals surface area contributed by atoms with Gasteiger partial charge in [-0.05, 0) is 25.1 Å². The predicted octanol–water partition coefficient (Wildman–Crippen LogP) is 2.73. The van der Waals surface area contributed by atoms with E-state index in [0.29, 0.717) is 12.0 Å². The maximum atomic E-state index is 12.4. The number of H-pyrrole nitrogens is 1. The third-order valence-electron chi connectivity index (χ3n) is 5.38. The summed E-state index contributed by atoms with van der Waals surface area (Å²) < 4.78 is 19.2. The molecule has 2 heterocycles. The number of methoxy groups -OCH3 is 1. The quantitative estimate of drug-likeness (QED) is 0.435. The zero-order chi connectivity index (χ0) is 21.5. The van der Waals surface area contributed by atoms with Crippen LogP contribution < -0.4 is 11.2 Å². The van der Waals surface area contributed by atoms with Crippen molar-refractivity contribution in [2.75, 3.05) is 7.11 Å². The highest BCUT2D eigenvalue weighted by molar-refractivity contribution is 8.00. The molecule has 0 unspecified atom stereocenters. The molecule has 0 aliphatic carbocycles. The Hall–Kier alpha value is -1.36. The molecular formula is C18H30N2O6SSi. The van der Waals surface area contributed by atoms with Crippen molar-refractivity contribution in [3.05, 3.63) is 32.6 Å². The van der Waals surface area contributed by atoms with Crippen LogP contribution in [0.15, 0.2) is 15.8 Å². The number of carbonyl (C=O) groups is 1. The molecule has 158 valence electrons. The average molecular weight is 431 g/mol. The monoisotopic (exact) mass is 430 g/mol. The summed E-state index contributed by atoms with van der Waals surface area (Å²) in [6.07, 6.45) is 1.35. The summed E-state index contributed by atoms with van der Waals surface area (Å²) >= 11 is 1.20. The molecule has 1 aliphatic heterocycles.